The Balaban J connectivity index is 3.93. The van der Waals surface area contributed by atoms with Gasteiger partial charge >= 0.3 is 19.8 Å². The number of hydrogen-bond acceptors (Lipinski definition) is 8. The van der Waals surface area contributed by atoms with E-state index in [-0.39, 0.29) is 38.6 Å². The number of ether oxygens (including phenoxy) is 2. The molecule has 0 aliphatic heterocycles. The number of rotatable bonds is 62. The number of carbonyl (C=O) groups excluding carboxylic acids is 2. The van der Waals surface area contributed by atoms with Crippen LogP contribution in [0.1, 0.15) is 296 Å². The molecule has 0 amide bonds. The summed E-state index contributed by atoms with van der Waals surface area (Å²) in [7, 11) is -4.40. The molecule has 0 aromatic heterocycles. The van der Waals surface area contributed by atoms with Crippen molar-refractivity contribution in [2.45, 2.75) is 302 Å². The second-order valence-electron chi connectivity index (χ2n) is 22.0. The van der Waals surface area contributed by atoms with Gasteiger partial charge in [-0.1, -0.05) is 290 Å². The molecule has 0 rings (SSSR count). The summed E-state index contributed by atoms with van der Waals surface area (Å²) in [5.41, 5.74) is 5.39. The van der Waals surface area contributed by atoms with Crippen LogP contribution in [0.3, 0.4) is 0 Å². The largest absolute Gasteiger partial charge is 0.472 e. The van der Waals surface area contributed by atoms with Crippen molar-refractivity contribution in [1.29, 1.82) is 0 Å². The number of hydrogen-bond donors (Lipinski definition) is 2. The second kappa shape index (κ2) is 65.8. The highest BCUT2D eigenvalue weighted by atomic mass is 31.2. The van der Waals surface area contributed by atoms with Crippen LogP contribution < -0.4 is 5.73 Å². The fraction of sp³-hybridized carbons (Fsp3) is 0.718. The Labute approximate surface area is 499 Å². The van der Waals surface area contributed by atoms with Gasteiger partial charge in [0, 0.05) is 19.4 Å². The molecular weight excluding hydrogens is 1030 g/mol. The minimum Gasteiger partial charge on any atom is -0.462 e. The van der Waals surface area contributed by atoms with Crippen LogP contribution in [0.15, 0.2) is 109 Å². The van der Waals surface area contributed by atoms with Crippen molar-refractivity contribution in [2.24, 2.45) is 5.73 Å². The molecule has 0 saturated carbocycles. The van der Waals surface area contributed by atoms with Crippen molar-refractivity contribution >= 4 is 19.8 Å². The van der Waals surface area contributed by atoms with Gasteiger partial charge in [-0.15, -0.1) is 0 Å². The summed E-state index contributed by atoms with van der Waals surface area (Å²) in [6.07, 6.45) is 90.3. The number of nitrogens with two attached hydrogens (primary N) is 1. The van der Waals surface area contributed by atoms with E-state index in [2.05, 4.69) is 123 Å². The van der Waals surface area contributed by atoms with E-state index in [9.17, 15) is 19.0 Å². The molecule has 0 fully saturated rings. The molecule has 0 aromatic rings. The van der Waals surface area contributed by atoms with Crippen molar-refractivity contribution in [1.82, 2.24) is 0 Å². The summed E-state index contributed by atoms with van der Waals surface area (Å²) in [6, 6.07) is 0. The molecule has 0 heterocycles. The minimum atomic E-state index is -4.40. The zero-order valence-electron chi connectivity index (χ0n) is 52.2. The Bertz CT molecular complexity index is 1690. The van der Waals surface area contributed by atoms with Crippen molar-refractivity contribution in [2.75, 3.05) is 26.4 Å². The van der Waals surface area contributed by atoms with E-state index < -0.39 is 26.5 Å². The molecule has 2 atom stereocenters. The molecule has 0 spiro atoms. The lowest BCUT2D eigenvalue weighted by atomic mass is 10.0. The van der Waals surface area contributed by atoms with Gasteiger partial charge in [0.25, 0.3) is 0 Å². The first-order valence-electron chi connectivity index (χ1n) is 33.4. The Kier molecular flexibility index (Phi) is 63.1. The maximum atomic E-state index is 12.7. The van der Waals surface area contributed by atoms with Gasteiger partial charge in [0.2, 0.25) is 0 Å². The smallest absolute Gasteiger partial charge is 0.462 e. The summed E-state index contributed by atoms with van der Waals surface area (Å²) >= 11 is 0. The zero-order chi connectivity index (χ0) is 58.7. The van der Waals surface area contributed by atoms with Crippen molar-refractivity contribution in [3.63, 3.8) is 0 Å². The molecule has 3 N–H and O–H groups in total. The standard InChI is InChI=1S/C71H124NO8P/c1-3-5-7-9-11-13-15-17-19-21-23-25-27-29-31-32-33-34-35-36-38-39-41-43-45-47-49-51-53-55-57-59-61-63-70(73)77-67-69(68-79-81(75,76)78-66-65-72)80-71(74)64-62-60-58-56-54-52-50-48-46-44-42-40-37-30-28-26-24-22-20-18-16-14-12-10-8-6-4-2/h6,8,12,14-15,17-18,20-21,23-24,26,30,37,42,44,48,50,69H,3-5,7,9-11,13,16,19,22,25,27-29,31-36,38-41,43,45-47,49,51-68,72H2,1-2H3,(H,75,76)/b8-6-,14-12-,17-15-,20-18-,23-21-,26-24-,37-30-,44-42-,50-48-. The molecule has 0 aliphatic carbocycles. The van der Waals surface area contributed by atoms with Crippen molar-refractivity contribution in [3.8, 4) is 0 Å². The highest BCUT2D eigenvalue weighted by molar-refractivity contribution is 7.47. The van der Waals surface area contributed by atoms with Gasteiger partial charge in [0.05, 0.1) is 13.2 Å². The Morgan fingerprint density at radius 2 is 0.679 bits per heavy atom. The van der Waals surface area contributed by atoms with E-state index >= 15 is 0 Å². The molecule has 81 heavy (non-hydrogen) atoms. The van der Waals surface area contributed by atoms with Gasteiger partial charge in [-0.25, -0.2) is 4.57 Å². The molecular formula is C71H124NO8P. The van der Waals surface area contributed by atoms with E-state index in [1.165, 1.54) is 161 Å². The molecule has 0 aromatic carbocycles. The number of phosphoric acid groups is 1. The first-order chi connectivity index (χ1) is 39.8. The average Bonchev–Trinajstić information content (AvgIpc) is 3.46. The minimum absolute atomic E-state index is 0.0455. The van der Waals surface area contributed by atoms with Gasteiger partial charge in [0.15, 0.2) is 6.10 Å². The second-order valence-corrected chi connectivity index (χ2v) is 23.4. The van der Waals surface area contributed by atoms with Crippen LogP contribution in [-0.2, 0) is 32.7 Å². The SMILES string of the molecule is CC/C=C\C/C=C\C/C=C\C/C=C\C/C=C\C/C=C\C/C=C\CCCCCCCC(=O)OC(COC(=O)CCCCCCCCCCCCCCCCCCCCCCC/C=C\C/C=C\CCCCCCC)COP(=O)(O)OCCN. The van der Waals surface area contributed by atoms with Gasteiger partial charge in [-0.3, -0.25) is 18.6 Å². The highest BCUT2D eigenvalue weighted by Gasteiger charge is 2.26. The normalized spacial score (nSPS) is 13.7. The van der Waals surface area contributed by atoms with Crippen LogP contribution in [0, 0.1) is 0 Å². The summed E-state index contributed by atoms with van der Waals surface area (Å²) in [4.78, 5) is 35.3. The Hall–Kier alpha value is -3.33. The van der Waals surface area contributed by atoms with Gasteiger partial charge in [-0.2, -0.15) is 0 Å². The summed E-state index contributed by atoms with van der Waals surface area (Å²) in [5.74, 6) is -0.846. The molecule has 10 heteroatoms. The maximum absolute atomic E-state index is 12.7. The van der Waals surface area contributed by atoms with E-state index in [4.69, 9.17) is 24.3 Å². The molecule has 0 bridgehead atoms. The van der Waals surface area contributed by atoms with E-state index in [1.807, 2.05) is 0 Å². The predicted octanol–water partition coefficient (Wildman–Crippen LogP) is 21.7. The quantitative estimate of drug-likeness (QED) is 0.0264. The van der Waals surface area contributed by atoms with Crippen LogP contribution in [0.4, 0.5) is 0 Å². The van der Waals surface area contributed by atoms with Gasteiger partial charge < -0.3 is 20.1 Å². The lowest BCUT2D eigenvalue weighted by Crippen LogP contribution is -2.29. The first-order valence-corrected chi connectivity index (χ1v) is 34.9. The molecule has 0 saturated heterocycles. The maximum Gasteiger partial charge on any atom is 0.472 e. The topological polar surface area (TPSA) is 134 Å². The molecule has 9 nitrogen and oxygen atoms in total. The molecule has 2 unspecified atom stereocenters. The average molecular weight is 1150 g/mol. The Morgan fingerprint density at radius 3 is 1.01 bits per heavy atom. The van der Waals surface area contributed by atoms with Crippen LogP contribution in [0.25, 0.3) is 0 Å². The molecule has 466 valence electrons. The monoisotopic (exact) mass is 1150 g/mol. The number of allylic oxidation sites excluding steroid dienone is 18. The lowest BCUT2D eigenvalue weighted by molar-refractivity contribution is -0.161. The number of phosphoric ester groups is 1. The van der Waals surface area contributed by atoms with Gasteiger partial charge in [-0.05, 0) is 103 Å². The van der Waals surface area contributed by atoms with Crippen LogP contribution in [-0.4, -0.2) is 49.3 Å². The van der Waals surface area contributed by atoms with Crippen LogP contribution in [0.5, 0.6) is 0 Å². The third kappa shape index (κ3) is 65.7. The van der Waals surface area contributed by atoms with Crippen molar-refractivity contribution < 1.29 is 37.6 Å². The van der Waals surface area contributed by atoms with Crippen LogP contribution >= 0.6 is 7.82 Å². The van der Waals surface area contributed by atoms with Crippen molar-refractivity contribution in [3.05, 3.63) is 109 Å². The fourth-order valence-electron chi connectivity index (χ4n) is 9.24. The number of unbranched alkanes of at least 4 members (excludes halogenated alkanes) is 31. The predicted molar refractivity (Wildman–Crippen MR) is 348 cm³/mol. The third-order valence-corrected chi connectivity index (χ3v) is 15.1. The van der Waals surface area contributed by atoms with E-state index in [0.717, 1.165) is 103 Å². The summed E-state index contributed by atoms with van der Waals surface area (Å²) in [5, 5.41) is 0. The summed E-state index contributed by atoms with van der Waals surface area (Å²) in [6.45, 7) is 3.62. The van der Waals surface area contributed by atoms with E-state index in [1.54, 1.807) is 0 Å². The Morgan fingerprint density at radius 1 is 0.383 bits per heavy atom. The highest BCUT2D eigenvalue weighted by Crippen LogP contribution is 2.43. The molecule has 0 radical (unpaired) electrons. The number of carbonyl (C=O) groups is 2. The third-order valence-electron chi connectivity index (χ3n) is 14.1. The zero-order valence-corrected chi connectivity index (χ0v) is 53.1. The summed E-state index contributed by atoms with van der Waals surface area (Å²) < 4.78 is 33.1. The van der Waals surface area contributed by atoms with Gasteiger partial charge in [0.1, 0.15) is 6.61 Å². The fourth-order valence-corrected chi connectivity index (χ4v) is 10.0. The molecule has 0 aliphatic rings. The lowest BCUT2D eigenvalue weighted by Gasteiger charge is -2.19. The van der Waals surface area contributed by atoms with Crippen LogP contribution in [0.2, 0.25) is 0 Å². The number of esters is 2. The van der Waals surface area contributed by atoms with E-state index in [0.29, 0.717) is 6.42 Å². The first kappa shape index (κ1) is 77.7.